The highest BCUT2D eigenvalue weighted by atomic mass is 16.5. The van der Waals surface area contributed by atoms with Gasteiger partial charge in [-0.3, -0.25) is 4.79 Å². The van der Waals surface area contributed by atoms with Crippen LogP contribution in [0.1, 0.15) is 37.4 Å². The van der Waals surface area contributed by atoms with Crippen molar-refractivity contribution in [3.63, 3.8) is 0 Å². The van der Waals surface area contributed by atoms with E-state index in [1.165, 1.54) is 5.56 Å². The highest BCUT2D eigenvalue weighted by molar-refractivity contribution is 5.93. The summed E-state index contributed by atoms with van der Waals surface area (Å²) < 4.78 is 7.28. The Morgan fingerprint density at radius 1 is 1.38 bits per heavy atom. The minimum Gasteiger partial charge on any atom is -0.381 e. The Bertz CT molecular complexity index is 702. The zero-order valence-corrected chi connectivity index (χ0v) is 14.4. The largest absolute Gasteiger partial charge is 0.381 e. The Kier molecular flexibility index (Phi) is 5.30. The molecular formula is C19H25N3O2. The maximum atomic E-state index is 12.5. The van der Waals surface area contributed by atoms with E-state index >= 15 is 0 Å². The Morgan fingerprint density at radius 2 is 2.17 bits per heavy atom. The summed E-state index contributed by atoms with van der Waals surface area (Å²) in [5, 5.41) is 7.61. The fraction of sp³-hybridized carbons (Fsp3) is 0.474. The maximum Gasteiger partial charge on any atom is 0.227 e. The van der Waals surface area contributed by atoms with Crippen LogP contribution in [0.25, 0.3) is 5.69 Å². The Morgan fingerprint density at radius 3 is 2.88 bits per heavy atom. The lowest BCUT2D eigenvalue weighted by Gasteiger charge is -2.21. The Labute approximate surface area is 143 Å². The van der Waals surface area contributed by atoms with E-state index in [0.717, 1.165) is 42.8 Å². The van der Waals surface area contributed by atoms with Gasteiger partial charge in [-0.25, -0.2) is 4.68 Å². The molecular weight excluding hydrogens is 302 g/mol. The standard InChI is InChI=1S/C19H25N3O2/c1-3-5-18-17(21-19(23)15-8-10-24-11-9-15)13-20-22(18)16-7-4-6-14(2)12-16/h4,6-7,12-13,15H,3,5,8-11H2,1-2H3,(H,21,23). The zero-order chi connectivity index (χ0) is 16.9. The second kappa shape index (κ2) is 7.62. The van der Waals surface area contributed by atoms with E-state index in [4.69, 9.17) is 4.74 Å². The minimum absolute atomic E-state index is 0.0375. The monoisotopic (exact) mass is 327 g/mol. The smallest absolute Gasteiger partial charge is 0.227 e. The van der Waals surface area contributed by atoms with Crippen LogP contribution in [0, 0.1) is 12.8 Å². The van der Waals surface area contributed by atoms with E-state index in [9.17, 15) is 4.79 Å². The van der Waals surface area contributed by atoms with Gasteiger partial charge in [0.1, 0.15) is 0 Å². The van der Waals surface area contributed by atoms with Crippen LogP contribution in [-0.4, -0.2) is 28.9 Å². The molecule has 0 radical (unpaired) electrons. The third-order valence-electron chi connectivity index (χ3n) is 4.45. The summed E-state index contributed by atoms with van der Waals surface area (Å²) in [6, 6.07) is 8.25. The molecule has 1 aromatic heterocycles. The van der Waals surface area contributed by atoms with Gasteiger partial charge in [0.15, 0.2) is 0 Å². The average molecular weight is 327 g/mol. The van der Waals surface area contributed by atoms with Crippen molar-refractivity contribution in [2.24, 2.45) is 5.92 Å². The van der Waals surface area contributed by atoms with E-state index in [0.29, 0.717) is 13.2 Å². The minimum atomic E-state index is 0.0375. The van der Waals surface area contributed by atoms with Crippen molar-refractivity contribution >= 4 is 11.6 Å². The average Bonchev–Trinajstić information content (AvgIpc) is 2.99. The van der Waals surface area contributed by atoms with Crippen LogP contribution < -0.4 is 5.32 Å². The summed E-state index contributed by atoms with van der Waals surface area (Å²) in [5.74, 6) is 0.120. The molecule has 1 N–H and O–H groups in total. The van der Waals surface area contributed by atoms with Gasteiger partial charge >= 0.3 is 0 Å². The molecule has 2 aromatic rings. The third-order valence-corrected chi connectivity index (χ3v) is 4.45. The van der Waals surface area contributed by atoms with Crippen LogP contribution in [0.4, 0.5) is 5.69 Å². The van der Waals surface area contributed by atoms with Crippen LogP contribution in [0.3, 0.4) is 0 Å². The number of carbonyl (C=O) groups excluding carboxylic acids is 1. The number of benzene rings is 1. The fourth-order valence-corrected chi connectivity index (χ4v) is 3.13. The van der Waals surface area contributed by atoms with Crippen molar-refractivity contribution in [1.29, 1.82) is 0 Å². The summed E-state index contributed by atoms with van der Waals surface area (Å²) in [5.41, 5.74) is 4.11. The SMILES string of the molecule is CCCc1c(NC(=O)C2CCOCC2)cnn1-c1cccc(C)c1. The third kappa shape index (κ3) is 3.67. The van der Waals surface area contributed by atoms with E-state index in [-0.39, 0.29) is 11.8 Å². The van der Waals surface area contributed by atoms with Crippen molar-refractivity contribution in [3.8, 4) is 5.69 Å². The molecule has 3 rings (SSSR count). The molecule has 5 heteroatoms. The summed E-state index contributed by atoms with van der Waals surface area (Å²) in [4.78, 5) is 12.5. The first-order valence-electron chi connectivity index (χ1n) is 8.71. The molecule has 24 heavy (non-hydrogen) atoms. The van der Waals surface area contributed by atoms with Gasteiger partial charge in [0, 0.05) is 19.1 Å². The lowest BCUT2D eigenvalue weighted by molar-refractivity contribution is -0.122. The fourth-order valence-electron chi connectivity index (χ4n) is 3.13. The molecule has 1 amide bonds. The second-order valence-electron chi connectivity index (χ2n) is 6.38. The molecule has 1 saturated heterocycles. The molecule has 2 heterocycles. The number of aryl methyl sites for hydroxylation is 1. The lowest BCUT2D eigenvalue weighted by Crippen LogP contribution is -2.28. The Hall–Kier alpha value is -2.14. The highest BCUT2D eigenvalue weighted by Gasteiger charge is 2.23. The van der Waals surface area contributed by atoms with Gasteiger partial charge in [-0.15, -0.1) is 0 Å². The van der Waals surface area contributed by atoms with Gasteiger partial charge in [-0.2, -0.15) is 5.10 Å². The van der Waals surface area contributed by atoms with Gasteiger partial charge in [-0.05, 0) is 43.9 Å². The van der Waals surface area contributed by atoms with E-state index in [2.05, 4.69) is 36.4 Å². The van der Waals surface area contributed by atoms with Crippen LogP contribution in [0.15, 0.2) is 30.5 Å². The molecule has 0 spiro atoms. The van der Waals surface area contributed by atoms with Gasteiger partial charge in [0.25, 0.3) is 0 Å². The number of rotatable bonds is 5. The van der Waals surface area contributed by atoms with Crippen molar-refractivity contribution in [2.45, 2.75) is 39.5 Å². The molecule has 1 aliphatic heterocycles. The molecule has 0 bridgehead atoms. The van der Waals surface area contributed by atoms with Crippen LogP contribution >= 0.6 is 0 Å². The quantitative estimate of drug-likeness (QED) is 0.914. The molecule has 1 aromatic carbocycles. The summed E-state index contributed by atoms with van der Waals surface area (Å²) >= 11 is 0. The predicted molar refractivity (Wildman–Crippen MR) is 94.5 cm³/mol. The summed E-state index contributed by atoms with van der Waals surface area (Å²) in [6.45, 7) is 5.54. The van der Waals surface area contributed by atoms with Crippen molar-refractivity contribution < 1.29 is 9.53 Å². The Balaban J connectivity index is 1.84. The lowest BCUT2D eigenvalue weighted by atomic mass is 9.99. The molecule has 128 valence electrons. The first-order chi connectivity index (χ1) is 11.7. The predicted octanol–water partition coefficient (Wildman–Crippen LogP) is 3.50. The van der Waals surface area contributed by atoms with Crippen molar-refractivity contribution in [2.75, 3.05) is 18.5 Å². The number of ether oxygens (including phenoxy) is 1. The first-order valence-corrected chi connectivity index (χ1v) is 8.71. The number of hydrogen-bond acceptors (Lipinski definition) is 3. The summed E-state index contributed by atoms with van der Waals surface area (Å²) in [6.07, 6.45) is 5.22. The van der Waals surface area contributed by atoms with Gasteiger partial charge < -0.3 is 10.1 Å². The topological polar surface area (TPSA) is 56.1 Å². The second-order valence-corrected chi connectivity index (χ2v) is 6.38. The van der Waals surface area contributed by atoms with E-state index in [1.807, 2.05) is 16.8 Å². The van der Waals surface area contributed by atoms with Crippen LogP contribution in [0.2, 0.25) is 0 Å². The van der Waals surface area contributed by atoms with Crippen molar-refractivity contribution in [1.82, 2.24) is 9.78 Å². The van der Waals surface area contributed by atoms with Crippen LogP contribution in [0.5, 0.6) is 0 Å². The first kappa shape index (κ1) is 16.7. The molecule has 1 fully saturated rings. The van der Waals surface area contributed by atoms with Crippen LogP contribution in [-0.2, 0) is 16.0 Å². The summed E-state index contributed by atoms with van der Waals surface area (Å²) in [7, 11) is 0. The van der Waals surface area contributed by atoms with E-state index in [1.54, 1.807) is 6.20 Å². The molecule has 0 saturated carbocycles. The number of carbonyl (C=O) groups is 1. The van der Waals surface area contributed by atoms with Gasteiger partial charge in [0.2, 0.25) is 5.91 Å². The molecule has 0 atom stereocenters. The number of anilines is 1. The van der Waals surface area contributed by atoms with Gasteiger partial charge in [-0.1, -0.05) is 25.5 Å². The molecule has 0 unspecified atom stereocenters. The number of amides is 1. The normalized spacial score (nSPS) is 15.4. The molecule has 1 aliphatic rings. The number of nitrogens with one attached hydrogen (secondary N) is 1. The van der Waals surface area contributed by atoms with Crippen molar-refractivity contribution in [3.05, 3.63) is 41.7 Å². The molecule has 0 aliphatic carbocycles. The highest BCUT2D eigenvalue weighted by Crippen LogP contribution is 2.24. The van der Waals surface area contributed by atoms with Gasteiger partial charge in [0.05, 0.1) is 23.3 Å². The zero-order valence-electron chi connectivity index (χ0n) is 14.4. The number of aromatic nitrogens is 2. The number of nitrogens with zero attached hydrogens (tertiary/aromatic N) is 2. The number of hydrogen-bond donors (Lipinski definition) is 1. The molecule has 5 nitrogen and oxygen atoms in total. The maximum absolute atomic E-state index is 12.5. The van der Waals surface area contributed by atoms with E-state index < -0.39 is 0 Å².